The van der Waals surface area contributed by atoms with E-state index < -0.39 is 23.4 Å². The number of hydrogen-bond donors (Lipinski definition) is 1. The van der Waals surface area contributed by atoms with Crippen LogP contribution in [0.1, 0.15) is 5.56 Å². The van der Waals surface area contributed by atoms with Crippen LogP contribution in [0.25, 0.3) is 10.8 Å². The van der Waals surface area contributed by atoms with E-state index in [-0.39, 0.29) is 22.7 Å². The number of fused-ring (bicyclic) bond motifs is 1. The van der Waals surface area contributed by atoms with Gasteiger partial charge in [0.25, 0.3) is 11.6 Å². The molecule has 0 saturated heterocycles. The summed E-state index contributed by atoms with van der Waals surface area (Å²) in [5.41, 5.74) is -0.216. The number of nitriles is 1. The SMILES string of the molecule is N#Cc1cc([N+](=O)[O-])ccc1NC(=O)COC(=O)CSc1ccc2ccccc2c1. The molecule has 3 rings (SSSR count). The first-order valence-corrected chi connectivity index (χ1v) is 9.70. The lowest BCUT2D eigenvalue weighted by Gasteiger charge is -2.08. The smallest absolute Gasteiger partial charge is 0.316 e. The number of nitrogens with one attached hydrogen (secondary N) is 1. The molecule has 1 amide bonds. The molecule has 0 aromatic heterocycles. The predicted molar refractivity (Wildman–Crippen MR) is 112 cm³/mol. The number of amides is 1. The zero-order chi connectivity index (χ0) is 21.5. The Kier molecular flexibility index (Phi) is 6.62. The van der Waals surface area contributed by atoms with Crippen molar-refractivity contribution in [2.24, 2.45) is 0 Å². The summed E-state index contributed by atoms with van der Waals surface area (Å²) in [5.74, 6) is -1.18. The number of carbonyl (C=O) groups is 2. The number of nitro benzene ring substituents is 1. The first-order valence-electron chi connectivity index (χ1n) is 8.72. The van der Waals surface area contributed by atoms with Gasteiger partial charge < -0.3 is 10.1 Å². The fraction of sp³-hybridized carbons (Fsp3) is 0.0952. The largest absolute Gasteiger partial charge is 0.455 e. The molecule has 0 atom stereocenters. The monoisotopic (exact) mass is 421 g/mol. The fourth-order valence-electron chi connectivity index (χ4n) is 2.62. The number of anilines is 1. The van der Waals surface area contributed by atoms with E-state index in [0.717, 1.165) is 21.7 Å². The molecule has 0 spiro atoms. The quantitative estimate of drug-likeness (QED) is 0.266. The Labute approximate surface area is 175 Å². The number of non-ortho nitro benzene ring substituents is 1. The van der Waals surface area contributed by atoms with Gasteiger partial charge in [0.05, 0.1) is 21.9 Å². The van der Waals surface area contributed by atoms with Gasteiger partial charge in [0.15, 0.2) is 6.61 Å². The van der Waals surface area contributed by atoms with Crippen molar-refractivity contribution in [3.63, 3.8) is 0 Å². The minimum Gasteiger partial charge on any atom is -0.455 e. The van der Waals surface area contributed by atoms with Crippen LogP contribution in [-0.4, -0.2) is 29.2 Å². The maximum atomic E-state index is 12.0. The van der Waals surface area contributed by atoms with Gasteiger partial charge in [0, 0.05) is 17.0 Å². The average Bonchev–Trinajstić information content (AvgIpc) is 2.76. The molecule has 0 aliphatic carbocycles. The maximum absolute atomic E-state index is 12.0. The molecule has 0 radical (unpaired) electrons. The van der Waals surface area contributed by atoms with Gasteiger partial charge in [-0.15, -0.1) is 11.8 Å². The Bertz CT molecular complexity index is 1170. The second-order valence-corrected chi connectivity index (χ2v) is 7.15. The summed E-state index contributed by atoms with van der Waals surface area (Å²) in [5, 5.41) is 24.4. The van der Waals surface area contributed by atoms with Gasteiger partial charge in [-0.3, -0.25) is 19.7 Å². The normalized spacial score (nSPS) is 10.2. The topological polar surface area (TPSA) is 122 Å². The average molecular weight is 421 g/mol. The van der Waals surface area contributed by atoms with Crippen LogP contribution in [0.3, 0.4) is 0 Å². The van der Waals surface area contributed by atoms with Crippen molar-refractivity contribution >= 4 is 45.8 Å². The van der Waals surface area contributed by atoms with Gasteiger partial charge >= 0.3 is 5.97 Å². The van der Waals surface area contributed by atoms with Crippen molar-refractivity contribution in [3.05, 3.63) is 76.3 Å². The fourth-order valence-corrected chi connectivity index (χ4v) is 3.36. The standard InChI is InChI=1S/C21H15N3O5S/c22-11-16-9-17(24(27)28)6-8-19(16)23-20(25)12-29-21(26)13-30-18-7-5-14-3-1-2-4-15(14)10-18/h1-10H,12-13H2,(H,23,25). The van der Waals surface area contributed by atoms with E-state index in [0.29, 0.717) is 0 Å². The summed E-state index contributed by atoms with van der Waals surface area (Å²) in [6.07, 6.45) is 0. The van der Waals surface area contributed by atoms with Crippen LogP contribution in [0.4, 0.5) is 11.4 Å². The molecule has 0 aliphatic rings. The summed E-state index contributed by atoms with van der Waals surface area (Å²) in [4.78, 5) is 34.9. The van der Waals surface area contributed by atoms with Crippen molar-refractivity contribution in [3.8, 4) is 6.07 Å². The molecule has 9 heteroatoms. The molecule has 3 aromatic carbocycles. The van der Waals surface area contributed by atoms with Gasteiger partial charge in [0.2, 0.25) is 0 Å². The number of thioether (sulfide) groups is 1. The number of esters is 1. The number of carbonyl (C=O) groups excluding carboxylic acids is 2. The first kappa shape index (κ1) is 20.8. The Morgan fingerprint density at radius 3 is 2.60 bits per heavy atom. The Morgan fingerprint density at radius 2 is 1.87 bits per heavy atom. The van der Waals surface area contributed by atoms with Crippen molar-refractivity contribution in [1.82, 2.24) is 0 Å². The Balaban J connectivity index is 1.50. The molecule has 8 nitrogen and oxygen atoms in total. The number of benzene rings is 3. The minimum atomic E-state index is -0.649. The molecule has 0 heterocycles. The zero-order valence-electron chi connectivity index (χ0n) is 15.5. The van der Waals surface area contributed by atoms with Crippen molar-refractivity contribution in [2.45, 2.75) is 4.90 Å². The van der Waals surface area contributed by atoms with E-state index in [4.69, 9.17) is 10.00 Å². The highest BCUT2D eigenvalue weighted by Gasteiger charge is 2.14. The summed E-state index contributed by atoms with van der Waals surface area (Å²) in [6.45, 7) is -0.529. The van der Waals surface area contributed by atoms with Crippen LogP contribution in [0, 0.1) is 21.4 Å². The molecule has 0 fully saturated rings. The Hall–Kier alpha value is -3.90. The predicted octanol–water partition coefficient (Wildman–Crippen LogP) is 3.89. The molecule has 0 aliphatic heterocycles. The second kappa shape index (κ2) is 9.54. The van der Waals surface area contributed by atoms with Gasteiger partial charge in [-0.1, -0.05) is 30.3 Å². The molecule has 3 aromatic rings. The molecular weight excluding hydrogens is 406 g/mol. The van der Waals surface area contributed by atoms with E-state index in [2.05, 4.69) is 5.32 Å². The molecule has 150 valence electrons. The summed E-state index contributed by atoms with van der Waals surface area (Å²) in [7, 11) is 0. The minimum absolute atomic E-state index is 0.0343. The number of rotatable bonds is 7. The lowest BCUT2D eigenvalue weighted by atomic mass is 10.1. The molecule has 0 saturated carbocycles. The molecular formula is C21H15N3O5S. The van der Waals surface area contributed by atoms with Crippen LogP contribution in [0.15, 0.2) is 65.6 Å². The van der Waals surface area contributed by atoms with E-state index in [1.807, 2.05) is 42.5 Å². The highest BCUT2D eigenvalue weighted by atomic mass is 32.2. The summed E-state index contributed by atoms with van der Waals surface area (Å²) < 4.78 is 4.96. The van der Waals surface area contributed by atoms with Crippen LogP contribution < -0.4 is 5.32 Å². The third kappa shape index (κ3) is 5.33. The highest BCUT2D eigenvalue weighted by molar-refractivity contribution is 8.00. The summed E-state index contributed by atoms with van der Waals surface area (Å²) in [6, 6.07) is 19.0. The number of ether oxygens (including phenoxy) is 1. The number of nitrogens with zero attached hydrogens (tertiary/aromatic N) is 2. The Morgan fingerprint density at radius 1 is 1.10 bits per heavy atom. The van der Waals surface area contributed by atoms with Crippen LogP contribution in [-0.2, 0) is 14.3 Å². The zero-order valence-corrected chi connectivity index (χ0v) is 16.3. The highest BCUT2D eigenvalue weighted by Crippen LogP contribution is 2.24. The van der Waals surface area contributed by atoms with Gasteiger partial charge in [-0.2, -0.15) is 5.26 Å². The van der Waals surface area contributed by atoms with E-state index in [1.54, 1.807) is 6.07 Å². The van der Waals surface area contributed by atoms with Crippen molar-refractivity contribution in [2.75, 3.05) is 17.7 Å². The first-order chi connectivity index (χ1) is 14.5. The second-order valence-electron chi connectivity index (χ2n) is 6.11. The van der Waals surface area contributed by atoms with Gasteiger partial charge in [0.1, 0.15) is 6.07 Å². The van der Waals surface area contributed by atoms with E-state index >= 15 is 0 Å². The van der Waals surface area contributed by atoms with Gasteiger partial charge in [-0.25, -0.2) is 0 Å². The van der Waals surface area contributed by atoms with E-state index in [1.165, 1.54) is 23.9 Å². The lowest BCUT2D eigenvalue weighted by molar-refractivity contribution is -0.384. The lowest BCUT2D eigenvalue weighted by Crippen LogP contribution is -2.22. The summed E-state index contributed by atoms with van der Waals surface area (Å²) >= 11 is 1.30. The van der Waals surface area contributed by atoms with Crippen molar-refractivity contribution in [1.29, 1.82) is 5.26 Å². The van der Waals surface area contributed by atoms with Crippen LogP contribution >= 0.6 is 11.8 Å². The van der Waals surface area contributed by atoms with Crippen LogP contribution in [0.2, 0.25) is 0 Å². The van der Waals surface area contributed by atoms with Crippen molar-refractivity contribution < 1.29 is 19.2 Å². The molecule has 0 unspecified atom stereocenters. The molecule has 30 heavy (non-hydrogen) atoms. The van der Waals surface area contributed by atoms with Crippen LogP contribution in [0.5, 0.6) is 0 Å². The maximum Gasteiger partial charge on any atom is 0.316 e. The molecule has 1 N–H and O–H groups in total. The third-order valence-corrected chi connectivity index (χ3v) is 5.02. The van der Waals surface area contributed by atoms with Gasteiger partial charge in [-0.05, 0) is 29.0 Å². The molecule has 0 bridgehead atoms. The number of nitro groups is 1. The van der Waals surface area contributed by atoms with E-state index in [9.17, 15) is 19.7 Å². The number of hydrogen-bond acceptors (Lipinski definition) is 7. The third-order valence-electron chi connectivity index (χ3n) is 4.05.